The zero-order valence-corrected chi connectivity index (χ0v) is 12.6. The van der Waals surface area contributed by atoms with E-state index in [0.717, 1.165) is 25.6 Å². The molecule has 2 fully saturated rings. The maximum absolute atomic E-state index is 9.44. The zero-order chi connectivity index (χ0) is 14.0. The molecule has 0 bridgehead atoms. The molecule has 4 unspecified atom stereocenters. The number of morpholine rings is 1. The first-order valence-electron chi connectivity index (χ1n) is 7.68. The third-order valence-corrected chi connectivity index (χ3v) is 4.70. The standard InChI is InChI=1S/C15H30N2O2/c1-11-4-5-12(7-16)14(6-11)17-8-13(9-18)19-15(2,3)10-17/h11-14,18H,4-10,16H2,1-3H3. The van der Waals surface area contributed by atoms with Gasteiger partial charge in [-0.25, -0.2) is 0 Å². The molecule has 4 atom stereocenters. The number of nitrogens with two attached hydrogens (primary N) is 1. The van der Waals surface area contributed by atoms with Gasteiger partial charge < -0.3 is 15.6 Å². The first-order chi connectivity index (χ1) is 8.95. The number of nitrogens with zero attached hydrogens (tertiary/aromatic N) is 1. The Kier molecular flexibility index (Phi) is 4.88. The van der Waals surface area contributed by atoms with Crippen LogP contribution in [0.1, 0.15) is 40.0 Å². The van der Waals surface area contributed by atoms with E-state index in [1.165, 1.54) is 19.3 Å². The minimum Gasteiger partial charge on any atom is -0.394 e. The quantitative estimate of drug-likeness (QED) is 0.809. The molecule has 0 aromatic rings. The fourth-order valence-corrected chi connectivity index (χ4v) is 3.82. The van der Waals surface area contributed by atoms with Crippen molar-refractivity contribution < 1.29 is 9.84 Å². The molecule has 2 aliphatic rings. The molecule has 4 nitrogen and oxygen atoms in total. The highest BCUT2D eigenvalue weighted by Gasteiger charge is 2.40. The summed E-state index contributed by atoms with van der Waals surface area (Å²) in [4.78, 5) is 2.53. The summed E-state index contributed by atoms with van der Waals surface area (Å²) in [5, 5.41) is 9.44. The predicted molar refractivity (Wildman–Crippen MR) is 77.0 cm³/mol. The first-order valence-corrected chi connectivity index (χ1v) is 7.68. The van der Waals surface area contributed by atoms with E-state index in [9.17, 15) is 5.11 Å². The van der Waals surface area contributed by atoms with Crippen molar-refractivity contribution in [2.45, 2.75) is 57.8 Å². The molecule has 1 saturated heterocycles. The normalized spacial score (nSPS) is 40.3. The van der Waals surface area contributed by atoms with Crippen LogP contribution in [-0.2, 0) is 4.74 Å². The van der Waals surface area contributed by atoms with E-state index in [0.29, 0.717) is 12.0 Å². The van der Waals surface area contributed by atoms with Crippen LogP contribution in [0.15, 0.2) is 0 Å². The number of ether oxygens (including phenoxy) is 1. The van der Waals surface area contributed by atoms with Crippen molar-refractivity contribution in [2.24, 2.45) is 17.6 Å². The van der Waals surface area contributed by atoms with E-state index in [1.807, 2.05) is 0 Å². The number of aliphatic hydroxyl groups excluding tert-OH is 1. The summed E-state index contributed by atoms with van der Waals surface area (Å²) in [6, 6.07) is 0.561. The third kappa shape index (κ3) is 3.69. The summed E-state index contributed by atoms with van der Waals surface area (Å²) in [7, 11) is 0. The molecule has 3 N–H and O–H groups in total. The fraction of sp³-hybridized carbons (Fsp3) is 1.00. The Morgan fingerprint density at radius 1 is 1.37 bits per heavy atom. The Labute approximate surface area is 117 Å². The van der Waals surface area contributed by atoms with Gasteiger partial charge in [0.05, 0.1) is 18.3 Å². The minimum absolute atomic E-state index is 0.0561. The molecule has 0 amide bonds. The van der Waals surface area contributed by atoms with Crippen molar-refractivity contribution in [3.63, 3.8) is 0 Å². The lowest BCUT2D eigenvalue weighted by molar-refractivity contribution is -0.163. The maximum atomic E-state index is 9.44. The van der Waals surface area contributed by atoms with E-state index in [-0.39, 0.29) is 18.3 Å². The van der Waals surface area contributed by atoms with Crippen LogP contribution in [0.5, 0.6) is 0 Å². The van der Waals surface area contributed by atoms with Crippen LogP contribution in [-0.4, -0.2) is 54.0 Å². The molecule has 1 aliphatic carbocycles. The lowest BCUT2D eigenvalue weighted by Gasteiger charge is -2.49. The van der Waals surface area contributed by atoms with Crippen LogP contribution in [0.2, 0.25) is 0 Å². The van der Waals surface area contributed by atoms with Crippen molar-refractivity contribution >= 4 is 0 Å². The molecule has 0 aromatic heterocycles. The molecule has 1 aliphatic heterocycles. The lowest BCUT2D eigenvalue weighted by Crippen LogP contribution is -2.59. The maximum Gasteiger partial charge on any atom is 0.0940 e. The second-order valence-corrected chi connectivity index (χ2v) is 7.09. The summed E-state index contributed by atoms with van der Waals surface area (Å²) >= 11 is 0. The Bertz CT molecular complexity index is 296. The smallest absolute Gasteiger partial charge is 0.0940 e. The highest BCUT2D eigenvalue weighted by Crippen LogP contribution is 2.34. The molecule has 0 radical (unpaired) electrons. The molecule has 2 rings (SSSR count). The van der Waals surface area contributed by atoms with Crippen LogP contribution in [0.3, 0.4) is 0 Å². The van der Waals surface area contributed by atoms with Crippen LogP contribution < -0.4 is 5.73 Å². The molecule has 0 spiro atoms. The number of rotatable bonds is 3. The van der Waals surface area contributed by atoms with Gasteiger partial charge in [0.25, 0.3) is 0 Å². The summed E-state index contributed by atoms with van der Waals surface area (Å²) in [6.45, 7) is 9.24. The molecule has 4 heteroatoms. The van der Waals surface area contributed by atoms with E-state index in [1.54, 1.807) is 0 Å². The van der Waals surface area contributed by atoms with Crippen LogP contribution in [0.25, 0.3) is 0 Å². The SMILES string of the molecule is CC1CCC(CN)C(N2CC(CO)OC(C)(C)C2)C1. The van der Waals surface area contributed by atoms with Gasteiger partial charge in [0.1, 0.15) is 0 Å². The second-order valence-electron chi connectivity index (χ2n) is 7.09. The van der Waals surface area contributed by atoms with Crippen molar-refractivity contribution in [3.8, 4) is 0 Å². The lowest BCUT2D eigenvalue weighted by atomic mass is 9.77. The van der Waals surface area contributed by atoms with E-state index in [4.69, 9.17) is 10.5 Å². The topological polar surface area (TPSA) is 58.7 Å². The van der Waals surface area contributed by atoms with Crippen molar-refractivity contribution in [3.05, 3.63) is 0 Å². The molecule has 0 aromatic carbocycles. The van der Waals surface area contributed by atoms with E-state index < -0.39 is 0 Å². The first kappa shape index (κ1) is 15.2. The summed E-state index contributed by atoms with van der Waals surface area (Å²) in [5.41, 5.74) is 5.80. The van der Waals surface area contributed by atoms with Gasteiger partial charge in [-0.15, -0.1) is 0 Å². The van der Waals surface area contributed by atoms with Gasteiger partial charge in [0.15, 0.2) is 0 Å². The van der Waals surface area contributed by atoms with Gasteiger partial charge in [-0.3, -0.25) is 4.90 Å². The van der Waals surface area contributed by atoms with Crippen molar-refractivity contribution in [1.29, 1.82) is 0 Å². The second kappa shape index (κ2) is 6.08. The Morgan fingerprint density at radius 3 is 2.74 bits per heavy atom. The third-order valence-electron chi connectivity index (χ3n) is 4.70. The molecule has 1 heterocycles. The average Bonchev–Trinajstić information content (AvgIpc) is 2.36. The highest BCUT2D eigenvalue weighted by atomic mass is 16.5. The average molecular weight is 270 g/mol. The summed E-state index contributed by atoms with van der Waals surface area (Å²) in [6.07, 6.45) is 3.72. The molecule has 112 valence electrons. The Morgan fingerprint density at radius 2 is 2.11 bits per heavy atom. The predicted octanol–water partition coefficient (Wildman–Crippen LogP) is 1.22. The van der Waals surface area contributed by atoms with Gasteiger partial charge >= 0.3 is 0 Å². The fourth-order valence-electron chi connectivity index (χ4n) is 3.82. The van der Waals surface area contributed by atoms with Gasteiger partial charge in [-0.05, 0) is 45.1 Å². The molecular weight excluding hydrogens is 240 g/mol. The molecule has 19 heavy (non-hydrogen) atoms. The zero-order valence-electron chi connectivity index (χ0n) is 12.6. The van der Waals surface area contributed by atoms with Gasteiger partial charge in [-0.2, -0.15) is 0 Å². The number of aliphatic hydroxyl groups is 1. The van der Waals surface area contributed by atoms with Gasteiger partial charge in [0.2, 0.25) is 0 Å². The van der Waals surface area contributed by atoms with E-state index in [2.05, 4.69) is 25.7 Å². The molecular formula is C15H30N2O2. The monoisotopic (exact) mass is 270 g/mol. The van der Waals surface area contributed by atoms with Crippen LogP contribution in [0, 0.1) is 11.8 Å². The van der Waals surface area contributed by atoms with Crippen molar-refractivity contribution in [1.82, 2.24) is 4.90 Å². The van der Waals surface area contributed by atoms with Crippen molar-refractivity contribution in [2.75, 3.05) is 26.2 Å². The van der Waals surface area contributed by atoms with Crippen LogP contribution >= 0.6 is 0 Å². The van der Waals surface area contributed by atoms with Gasteiger partial charge in [0, 0.05) is 19.1 Å². The number of hydrogen-bond acceptors (Lipinski definition) is 4. The highest BCUT2D eigenvalue weighted by molar-refractivity contribution is 4.92. The summed E-state index contributed by atoms with van der Waals surface area (Å²) in [5.74, 6) is 1.38. The van der Waals surface area contributed by atoms with Gasteiger partial charge in [-0.1, -0.05) is 13.3 Å². The Hall–Kier alpha value is -0.160. The number of hydrogen-bond donors (Lipinski definition) is 2. The molecule has 1 saturated carbocycles. The Balaban J connectivity index is 2.09. The minimum atomic E-state index is -0.175. The largest absolute Gasteiger partial charge is 0.394 e. The van der Waals surface area contributed by atoms with Crippen LogP contribution in [0.4, 0.5) is 0 Å². The summed E-state index contributed by atoms with van der Waals surface area (Å²) < 4.78 is 5.92. The van der Waals surface area contributed by atoms with E-state index >= 15 is 0 Å².